The zero-order valence-electron chi connectivity index (χ0n) is 10.1. The molecule has 0 heterocycles. The molecule has 77 valence electrons. The summed E-state index contributed by atoms with van der Waals surface area (Å²) in [7, 11) is -3.30. The van der Waals surface area contributed by atoms with Gasteiger partial charge in [-0.15, -0.1) is 0 Å². The van der Waals surface area contributed by atoms with Gasteiger partial charge in [0, 0.05) is 39.8 Å². The van der Waals surface area contributed by atoms with Crippen LogP contribution in [0.4, 0.5) is 0 Å². The molecular weight excluding hydrogens is 261 g/mol. The quantitative estimate of drug-likeness (QED) is 0.740. The van der Waals surface area contributed by atoms with Crippen LogP contribution in [-0.2, 0) is 42.5 Å². The Hall–Kier alpha value is 1.05. The number of hydrogen-bond donors (Lipinski definition) is 0. The van der Waals surface area contributed by atoms with E-state index in [1.165, 1.54) is 13.8 Å². The third-order valence-electron chi connectivity index (χ3n) is 2.08. The van der Waals surface area contributed by atoms with Crippen LogP contribution in [0.5, 0.6) is 0 Å². The zero-order valence-corrected chi connectivity index (χ0v) is 12.7. The number of hydrogen-bond acceptors (Lipinski definition) is 2. The topological polar surface area (TPSA) is 34.1 Å². The minimum absolute atomic E-state index is 0. The molecule has 13 heavy (non-hydrogen) atoms. The maximum absolute atomic E-state index is 11.6. The zero-order chi connectivity index (χ0) is 10.9. The van der Waals surface area contributed by atoms with Crippen LogP contribution in [0.25, 0.3) is 0 Å². The normalized spacial score (nSPS) is 16.3. The van der Waals surface area contributed by atoms with Crippen molar-refractivity contribution < 1.29 is 42.5 Å². The van der Waals surface area contributed by atoms with Crippen LogP contribution in [0.1, 0.15) is 36.0 Å². The molecule has 1 radical (unpaired) electrons. The monoisotopic (exact) mass is 282 g/mol. The summed E-state index contributed by atoms with van der Waals surface area (Å²) >= 11 is 0. The summed E-state index contributed by atoms with van der Waals surface area (Å²) in [4.78, 5) is 0. The molecule has 0 amide bonds. The molecule has 0 aromatic heterocycles. The van der Waals surface area contributed by atoms with Gasteiger partial charge in [0.05, 0.1) is 5.23 Å². The van der Waals surface area contributed by atoms with E-state index in [2.05, 4.69) is 0 Å². The SMILES string of the molecule is [3H]C(C)(C)S(=O)(=O)CC(C)[C-](C)C.[Y]. The Morgan fingerprint density at radius 2 is 1.69 bits per heavy atom. The summed E-state index contributed by atoms with van der Waals surface area (Å²) in [6.45, 7) is 8.53. The molecule has 0 saturated carbocycles. The number of rotatable bonds is 4. The van der Waals surface area contributed by atoms with Crippen molar-refractivity contribution in [2.24, 2.45) is 5.92 Å². The Kier molecular flexibility index (Phi) is 7.05. The maximum atomic E-state index is 11.6. The van der Waals surface area contributed by atoms with Gasteiger partial charge in [-0.1, -0.05) is 6.92 Å². The Balaban J connectivity index is 0. The van der Waals surface area contributed by atoms with Crippen LogP contribution in [0.2, 0.25) is 0 Å². The largest absolute Gasteiger partial charge is 0.316 e. The average Bonchev–Trinajstić information content (AvgIpc) is 1.83. The average molecular weight is 282 g/mol. The van der Waals surface area contributed by atoms with Crippen LogP contribution in [-0.4, -0.2) is 19.4 Å². The van der Waals surface area contributed by atoms with Crippen LogP contribution < -0.4 is 0 Å². The first-order chi connectivity index (χ1) is 5.58. The second-order valence-electron chi connectivity index (χ2n) is 3.67. The van der Waals surface area contributed by atoms with E-state index in [4.69, 9.17) is 1.37 Å². The summed E-state index contributed by atoms with van der Waals surface area (Å²) in [6, 6.07) is 0. The Bertz CT molecular complexity index is 254. The first-order valence-corrected chi connectivity index (χ1v) is 5.75. The van der Waals surface area contributed by atoms with Gasteiger partial charge in [0.25, 0.3) is 0 Å². The molecule has 0 bridgehead atoms. The fourth-order valence-corrected chi connectivity index (χ4v) is 1.99. The van der Waals surface area contributed by atoms with Crippen LogP contribution in [0.15, 0.2) is 0 Å². The molecule has 0 rings (SSSR count). The van der Waals surface area contributed by atoms with Gasteiger partial charge < -0.3 is 5.92 Å². The van der Waals surface area contributed by atoms with Gasteiger partial charge in [0.1, 0.15) is 9.84 Å². The van der Waals surface area contributed by atoms with Crippen molar-refractivity contribution in [3.63, 3.8) is 0 Å². The van der Waals surface area contributed by atoms with Crippen LogP contribution in [0.3, 0.4) is 0 Å². The van der Waals surface area contributed by atoms with E-state index in [1.807, 2.05) is 20.8 Å². The van der Waals surface area contributed by atoms with Gasteiger partial charge in [0.15, 0.2) is 0 Å². The predicted octanol–water partition coefficient (Wildman–Crippen LogP) is 2.06. The second-order valence-corrected chi connectivity index (χ2v) is 6.05. The van der Waals surface area contributed by atoms with E-state index >= 15 is 0 Å². The standard InChI is InChI=1S/C9H19O2S.Y/c1-7(2)9(5)6-12(10,11)8(3)4;/h8-9H,6H2,1-5H3;/q-1;/i8T;. The van der Waals surface area contributed by atoms with Crippen molar-refractivity contribution >= 4 is 9.84 Å². The van der Waals surface area contributed by atoms with Gasteiger partial charge in [0.2, 0.25) is 0 Å². The third-order valence-corrected chi connectivity index (χ3v) is 4.26. The summed E-state index contributed by atoms with van der Waals surface area (Å²) in [5, 5.41) is -1.38. The van der Waals surface area contributed by atoms with Crippen molar-refractivity contribution in [2.45, 2.75) is 39.8 Å². The molecule has 0 spiro atoms. The van der Waals surface area contributed by atoms with Crippen molar-refractivity contribution in [3.8, 4) is 0 Å². The summed E-state index contributed by atoms with van der Waals surface area (Å²) < 4.78 is 30.6. The molecule has 0 aliphatic rings. The van der Waals surface area contributed by atoms with Gasteiger partial charge in [-0.3, -0.25) is 0 Å². The summed E-state index contributed by atoms with van der Waals surface area (Å²) in [5.41, 5.74) is 0. The Labute approximate surface area is 109 Å². The van der Waals surface area contributed by atoms with E-state index in [1.54, 1.807) is 0 Å². The van der Waals surface area contributed by atoms with Gasteiger partial charge >= 0.3 is 0 Å². The number of sulfone groups is 1. The molecule has 0 aliphatic heterocycles. The summed E-state index contributed by atoms with van der Waals surface area (Å²) in [6.07, 6.45) is 0. The molecule has 0 fully saturated rings. The molecule has 4 heteroatoms. The first-order valence-electron chi connectivity index (χ1n) is 4.60. The van der Waals surface area contributed by atoms with Gasteiger partial charge in [-0.25, -0.2) is 8.42 Å². The molecule has 1 atom stereocenters. The van der Waals surface area contributed by atoms with E-state index in [0.29, 0.717) is 0 Å². The van der Waals surface area contributed by atoms with Crippen molar-refractivity contribution in [2.75, 3.05) is 5.75 Å². The maximum Gasteiger partial charge on any atom is 0.150 e. The van der Waals surface area contributed by atoms with E-state index in [0.717, 1.165) is 5.92 Å². The Morgan fingerprint density at radius 1 is 1.31 bits per heavy atom. The third kappa shape index (κ3) is 6.19. The fraction of sp³-hybridized carbons (Fsp3) is 0.889. The molecule has 1 unspecified atom stereocenters. The van der Waals surface area contributed by atoms with Crippen LogP contribution >= 0.6 is 0 Å². The van der Waals surface area contributed by atoms with Gasteiger partial charge in [-0.05, 0) is 13.8 Å². The van der Waals surface area contributed by atoms with E-state index < -0.39 is 15.1 Å². The second kappa shape index (κ2) is 6.52. The molecule has 0 N–H and O–H groups in total. The van der Waals surface area contributed by atoms with E-state index in [9.17, 15) is 8.42 Å². The first kappa shape index (κ1) is 14.1. The smallest absolute Gasteiger partial charge is 0.150 e. The minimum Gasteiger partial charge on any atom is -0.316 e. The minimum atomic E-state index is -3.30. The summed E-state index contributed by atoms with van der Waals surface area (Å²) in [5.74, 6) is 1.20. The molecule has 0 aromatic carbocycles. The van der Waals surface area contributed by atoms with Crippen molar-refractivity contribution in [3.05, 3.63) is 5.92 Å². The molecule has 0 saturated heterocycles. The van der Waals surface area contributed by atoms with Crippen molar-refractivity contribution in [1.82, 2.24) is 0 Å². The van der Waals surface area contributed by atoms with Crippen molar-refractivity contribution in [1.29, 1.82) is 0 Å². The fourth-order valence-electron chi connectivity index (χ4n) is 0.662. The predicted molar refractivity (Wildman–Crippen MR) is 52.7 cm³/mol. The molecular formula is C9H19O2SY-. The van der Waals surface area contributed by atoms with Crippen LogP contribution in [0, 0.1) is 11.8 Å². The Morgan fingerprint density at radius 3 is 1.92 bits per heavy atom. The molecule has 0 aliphatic carbocycles. The molecule has 0 aromatic rings. The van der Waals surface area contributed by atoms with Gasteiger partial charge in [-0.2, -0.15) is 19.8 Å². The molecule has 2 nitrogen and oxygen atoms in total. The van der Waals surface area contributed by atoms with E-state index in [-0.39, 0.29) is 44.4 Å².